The van der Waals surface area contributed by atoms with E-state index < -0.39 is 17.8 Å². The molecule has 4 atom stereocenters. The summed E-state index contributed by atoms with van der Waals surface area (Å²) in [5, 5.41) is 15.4. The van der Waals surface area contributed by atoms with Gasteiger partial charge in [0.2, 0.25) is 5.91 Å². The highest BCUT2D eigenvalue weighted by Crippen LogP contribution is 2.51. The Labute approximate surface area is 193 Å². The number of carbonyl (C=O) groups excluding carboxylic acids is 1. The molecule has 5 rings (SSSR count). The van der Waals surface area contributed by atoms with E-state index in [1.807, 2.05) is 12.3 Å². The summed E-state index contributed by atoms with van der Waals surface area (Å²) in [6.45, 7) is 0.604. The van der Waals surface area contributed by atoms with Crippen LogP contribution in [-0.4, -0.2) is 58.1 Å². The van der Waals surface area contributed by atoms with Crippen LogP contribution >= 0.6 is 0 Å². The Morgan fingerprint density at radius 3 is 2.53 bits per heavy atom. The SMILES string of the molecule is CO[C@H]1CN(C(=O)[C@H]2C[C@@H]2c2cc(Oc3ccc(C(F)(F)F)cc3)cc3cn(C)nc23)C[C@@H]1O. The lowest BCUT2D eigenvalue weighted by Gasteiger charge is -2.16. The van der Waals surface area contributed by atoms with E-state index in [4.69, 9.17) is 9.47 Å². The van der Waals surface area contributed by atoms with Gasteiger partial charge in [0.25, 0.3) is 0 Å². The standard InChI is InChI=1S/C24H24F3N3O4/c1-29-10-13-7-16(34-15-5-3-14(4-6-15)24(25,26)27)8-18(22(13)28-29)17-9-19(17)23(32)30-11-20(31)21(12-30)33-2/h3-8,10,17,19-21,31H,9,11-12H2,1-2H3/t17-,19+,20+,21+/m1/s1. The highest BCUT2D eigenvalue weighted by molar-refractivity contribution is 5.88. The van der Waals surface area contributed by atoms with Crippen molar-refractivity contribution in [1.82, 2.24) is 14.7 Å². The minimum absolute atomic E-state index is 0.0262. The van der Waals surface area contributed by atoms with Gasteiger partial charge in [-0.3, -0.25) is 9.48 Å². The number of ether oxygens (including phenoxy) is 2. The molecule has 2 heterocycles. The number of hydrogen-bond acceptors (Lipinski definition) is 5. The Morgan fingerprint density at radius 1 is 1.15 bits per heavy atom. The Morgan fingerprint density at radius 2 is 1.88 bits per heavy atom. The second kappa shape index (κ2) is 8.28. The van der Waals surface area contributed by atoms with Gasteiger partial charge in [0.15, 0.2) is 0 Å². The summed E-state index contributed by atoms with van der Waals surface area (Å²) in [4.78, 5) is 14.7. The predicted molar refractivity (Wildman–Crippen MR) is 116 cm³/mol. The van der Waals surface area contributed by atoms with Crippen molar-refractivity contribution in [3.05, 3.63) is 53.7 Å². The number of amides is 1. The fourth-order valence-electron chi connectivity index (χ4n) is 4.66. The third kappa shape index (κ3) is 4.23. The van der Waals surface area contributed by atoms with Gasteiger partial charge in [-0.2, -0.15) is 18.3 Å². The molecule has 34 heavy (non-hydrogen) atoms. The van der Waals surface area contributed by atoms with Crippen molar-refractivity contribution in [3.63, 3.8) is 0 Å². The molecule has 180 valence electrons. The lowest BCUT2D eigenvalue weighted by molar-refractivity contribution is -0.137. The van der Waals surface area contributed by atoms with Crippen molar-refractivity contribution in [3.8, 4) is 11.5 Å². The lowest BCUT2D eigenvalue weighted by Crippen LogP contribution is -2.31. The number of benzene rings is 2. The Hall–Kier alpha value is -3.11. The van der Waals surface area contributed by atoms with Crippen molar-refractivity contribution >= 4 is 16.8 Å². The zero-order valence-electron chi connectivity index (χ0n) is 18.6. The molecule has 0 bridgehead atoms. The highest BCUT2D eigenvalue weighted by Gasteiger charge is 2.49. The van der Waals surface area contributed by atoms with Gasteiger partial charge in [-0.15, -0.1) is 0 Å². The summed E-state index contributed by atoms with van der Waals surface area (Å²) in [5.41, 5.74) is 0.880. The average molecular weight is 475 g/mol. The topological polar surface area (TPSA) is 76.8 Å². The molecular formula is C24H24F3N3O4. The number of nitrogens with zero attached hydrogens (tertiary/aromatic N) is 3. The van der Waals surface area contributed by atoms with Gasteiger partial charge in [-0.05, 0) is 54.3 Å². The molecule has 10 heteroatoms. The minimum Gasteiger partial charge on any atom is -0.457 e. The fourth-order valence-corrected chi connectivity index (χ4v) is 4.66. The number of hydrogen-bond donors (Lipinski definition) is 1. The molecule has 1 aliphatic heterocycles. The van der Waals surface area contributed by atoms with Crippen LogP contribution in [0.25, 0.3) is 10.9 Å². The monoisotopic (exact) mass is 475 g/mol. The van der Waals surface area contributed by atoms with Gasteiger partial charge < -0.3 is 19.5 Å². The molecule has 1 saturated carbocycles. The molecule has 1 amide bonds. The number of rotatable bonds is 5. The van der Waals surface area contributed by atoms with Gasteiger partial charge >= 0.3 is 6.18 Å². The molecule has 0 spiro atoms. The molecule has 0 radical (unpaired) electrons. The molecule has 1 aliphatic carbocycles. The van der Waals surface area contributed by atoms with Crippen LogP contribution in [0.4, 0.5) is 13.2 Å². The molecule has 1 aromatic heterocycles. The number of halogens is 3. The molecule has 7 nitrogen and oxygen atoms in total. The normalized spacial score (nSPS) is 24.6. The molecule has 2 aromatic carbocycles. The molecule has 1 N–H and O–H groups in total. The van der Waals surface area contributed by atoms with Gasteiger partial charge in [0.1, 0.15) is 17.6 Å². The maximum atomic E-state index is 13.0. The first kappa shape index (κ1) is 22.7. The number of aryl methyl sites for hydroxylation is 1. The van der Waals surface area contributed by atoms with Gasteiger partial charge in [0, 0.05) is 44.7 Å². The zero-order chi connectivity index (χ0) is 24.2. The molecule has 0 unspecified atom stereocenters. The largest absolute Gasteiger partial charge is 0.457 e. The first-order valence-electron chi connectivity index (χ1n) is 11.0. The number of alkyl halides is 3. The van der Waals surface area contributed by atoms with Gasteiger partial charge in [0.05, 0.1) is 17.2 Å². The number of likely N-dealkylation sites (tertiary alicyclic amines) is 1. The van der Waals surface area contributed by atoms with Crippen LogP contribution in [0.3, 0.4) is 0 Å². The van der Waals surface area contributed by atoms with E-state index in [1.165, 1.54) is 19.2 Å². The number of fused-ring (bicyclic) bond motifs is 1. The summed E-state index contributed by atoms with van der Waals surface area (Å²) in [5.74, 6) is 0.433. The van der Waals surface area contributed by atoms with E-state index in [9.17, 15) is 23.1 Å². The summed E-state index contributed by atoms with van der Waals surface area (Å²) in [6, 6.07) is 8.11. The van der Waals surface area contributed by atoms with E-state index >= 15 is 0 Å². The Kier molecular flexibility index (Phi) is 5.52. The third-order valence-electron chi connectivity index (χ3n) is 6.50. The van der Waals surface area contributed by atoms with Crippen LogP contribution in [0.5, 0.6) is 11.5 Å². The fraction of sp³-hybridized carbons (Fsp3) is 0.417. The first-order valence-corrected chi connectivity index (χ1v) is 11.0. The maximum absolute atomic E-state index is 13.0. The van der Waals surface area contributed by atoms with Crippen LogP contribution in [-0.2, 0) is 22.8 Å². The van der Waals surface area contributed by atoms with E-state index in [2.05, 4.69) is 5.10 Å². The molecule has 3 aromatic rings. The van der Waals surface area contributed by atoms with Crippen LogP contribution in [0, 0.1) is 5.92 Å². The van der Waals surface area contributed by atoms with E-state index in [1.54, 1.807) is 22.7 Å². The van der Waals surface area contributed by atoms with Crippen LogP contribution in [0.1, 0.15) is 23.5 Å². The zero-order valence-corrected chi connectivity index (χ0v) is 18.6. The summed E-state index contributed by atoms with van der Waals surface area (Å²) >= 11 is 0. The third-order valence-corrected chi connectivity index (χ3v) is 6.50. The molecule has 1 saturated heterocycles. The van der Waals surface area contributed by atoms with E-state index in [-0.39, 0.29) is 36.1 Å². The quantitative estimate of drug-likeness (QED) is 0.609. The summed E-state index contributed by atoms with van der Waals surface area (Å²) < 4.78 is 51.3. The Balaban J connectivity index is 1.38. The number of aliphatic hydroxyl groups excluding tert-OH is 1. The van der Waals surface area contributed by atoms with Crippen molar-refractivity contribution < 1.29 is 32.5 Å². The number of methoxy groups -OCH3 is 1. The van der Waals surface area contributed by atoms with Gasteiger partial charge in [-0.1, -0.05) is 0 Å². The smallest absolute Gasteiger partial charge is 0.416 e. The number of carbonyl (C=O) groups is 1. The summed E-state index contributed by atoms with van der Waals surface area (Å²) in [6.07, 6.45) is -3.02. The van der Waals surface area contributed by atoms with Crippen molar-refractivity contribution in [2.24, 2.45) is 13.0 Å². The van der Waals surface area contributed by atoms with Crippen LogP contribution in [0.2, 0.25) is 0 Å². The average Bonchev–Trinajstić information content (AvgIpc) is 3.35. The van der Waals surface area contributed by atoms with E-state index in [0.29, 0.717) is 18.7 Å². The van der Waals surface area contributed by atoms with E-state index in [0.717, 1.165) is 28.6 Å². The van der Waals surface area contributed by atoms with Crippen molar-refractivity contribution in [2.75, 3.05) is 20.2 Å². The summed E-state index contributed by atoms with van der Waals surface area (Å²) in [7, 11) is 3.31. The number of aromatic nitrogens is 2. The Bertz CT molecular complexity index is 1220. The molecule has 2 aliphatic rings. The minimum atomic E-state index is -4.41. The number of aliphatic hydroxyl groups is 1. The second-order valence-electron chi connectivity index (χ2n) is 8.91. The van der Waals surface area contributed by atoms with Crippen LogP contribution in [0.15, 0.2) is 42.6 Å². The molecule has 2 fully saturated rings. The van der Waals surface area contributed by atoms with Gasteiger partial charge in [-0.25, -0.2) is 0 Å². The predicted octanol–water partition coefficient (Wildman–Crippen LogP) is 3.71. The molecular weight excluding hydrogens is 451 g/mol. The first-order chi connectivity index (χ1) is 16.1. The van der Waals surface area contributed by atoms with Crippen LogP contribution < -0.4 is 4.74 Å². The second-order valence-corrected chi connectivity index (χ2v) is 8.91. The maximum Gasteiger partial charge on any atom is 0.416 e. The lowest BCUT2D eigenvalue weighted by atomic mass is 10.0. The number of β-amino-alcohol motifs (C(OH)–C–C–N with tert-alkyl or cyclic N) is 1. The van der Waals surface area contributed by atoms with Crippen molar-refractivity contribution in [2.45, 2.75) is 30.7 Å². The highest BCUT2D eigenvalue weighted by atomic mass is 19.4. The van der Waals surface area contributed by atoms with Crippen molar-refractivity contribution in [1.29, 1.82) is 0 Å².